The van der Waals surface area contributed by atoms with Gasteiger partial charge in [0.1, 0.15) is 11.7 Å². The van der Waals surface area contributed by atoms with E-state index in [2.05, 4.69) is 15.4 Å². The summed E-state index contributed by atoms with van der Waals surface area (Å²) in [5, 5.41) is 7.50. The Morgan fingerprint density at radius 3 is 2.75 bits per heavy atom. The number of aromatic nitrogens is 2. The van der Waals surface area contributed by atoms with Crippen molar-refractivity contribution in [2.75, 3.05) is 30.4 Å². The van der Waals surface area contributed by atoms with Crippen molar-refractivity contribution in [3.8, 4) is 11.3 Å². The van der Waals surface area contributed by atoms with Crippen molar-refractivity contribution in [3.05, 3.63) is 36.5 Å². The second-order valence-corrected chi connectivity index (χ2v) is 6.98. The molecule has 1 aromatic heterocycles. The minimum atomic E-state index is -4.19. The number of aliphatic imine (C=N–C) groups is 1. The van der Waals surface area contributed by atoms with Gasteiger partial charge in [0.25, 0.3) is 10.1 Å². The highest BCUT2D eigenvalue weighted by molar-refractivity contribution is 7.85. The van der Waals surface area contributed by atoms with E-state index in [0.717, 1.165) is 17.8 Å². The number of amidine groups is 1. The molecule has 0 bridgehead atoms. The minimum absolute atomic E-state index is 0.267. The Morgan fingerprint density at radius 2 is 2.12 bits per heavy atom. The van der Waals surface area contributed by atoms with Gasteiger partial charge in [0.2, 0.25) is 0 Å². The fourth-order valence-electron chi connectivity index (χ4n) is 2.66. The molecule has 3 rings (SSSR count). The van der Waals surface area contributed by atoms with Gasteiger partial charge in [-0.05, 0) is 12.1 Å². The number of rotatable bonds is 6. The minimum Gasteiger partial charge on any atom is -0.370 e. The van der Waals surface area contributed by atoms with E-state index >= 15 is 0 Å². The summed E-state index contributed by atoms with van der Waals surface area (Å²) >= 11 is 0. The van der Waals surface area contributed by atoms with E-state index in [1.807, 2.05) is 43.6 Å². The number of aryl methyl sites for hydroxylation is 1. The summed E-state index contributed by atoms with van der Waals surface area (Å²) in [5.41, 5.74) is 2.19. The van der Waals surface area contributed by atoms with Crippen LogP contribution in [0.25, 0.3) is 11.3 Å². The van der Waals surface area contributed by atoms with Gasteiger partial charge in [-0.1, -0.05) is 18.2 Å². The van der Waals surface area contributed by atoms with Gasteiger partial charge in [-0.15, -0.1) is 0 Å². The molecule has 2 heterocycles. The van der Waals surface area contributed by atoms with E-state index in [1.165, 1.54) is 0 Å². The largest absolute Gasteiger partial charge is 0.370 e. The van der Waals surface area contributed by atoms with Crippen molar-refractivity contribution < 1.29 is 13.0 Å². The molecule has 0 saturated heterocycles. The van der Waals surface area contributed by atoms with Crippen LogP contribution in [0.3, 0.4) is 0 Å². The molecule has 1 aromatic carbocycles. The smallest absolute Gasteiger partial charge is 0.283 e. The fourth-order valence-corrected chi connectivity index (χ4v) is 3.28. The van der Waals surface area contributed by atoms with E-state index in [1.54, 1.807) is 9.58 Å². The lowest BCUT2D eigenvalue weighted by Crippen LogP contribution is -2.38. The van der Waals surface area contributed by atoms with Crippen molar-refractivity contribution >= 4 is 21.6 Å². The maximum atomic E-state index is 11.5. The molecular weight excluding hydrogens is 330 g/mol. The molecule has 0 saturated carbocycles. The normalized spacial score (nSPS) is 14.3. The van der Waals surface area contributed by atoms with Gasteiger partial charge in [0, 0.05) is 31.0 Å². The third-order valence-corrected chi connectivity index (χ3v) is 4.28. The maximum absolute atomic E-state index is 11.5. The molecule has 0 aliphatic carbocycles. The monoisotopic (exact) mass is 349 g/mol. The van der Waals surface area contributed by atoms with Gasteiger partial charge < -0.3 is 10.2 Å². The molecule has 0 spiro atoms. The number of anilines is 1. The predicted molar refractivity (Wildman–Crippen MR) is 92.7 cm³/mol. The molecule has 0 radical (unpaired) electrons. The molecule has 0 unspecified atom stereocenters. The number of nitrogens with zero attached hydrogens (tertiary/aromatic N) is 4. The van der Waals surface area contributed by atoms with Crippen molar-refractivity contribution in [3.63, 3.8) is 0 Å². The first-order chi connectivity index (χ1) is 11.4. The molecule has 0 amide bonds. The van der Waals surface area contributed by atoms with Crippen molar-refractivity contribution in [2.45, 2.75) is 0 Å². The number of hydrogen-bond acceptors (Lipinski definition) is 6. The number of para-hydroxylation sites is 1. The van der Waals surface area contributed by atoms with Crippen LogP contribution in [0.5, 0.6) is 0 Å². The standard InChI is InChI=1S/C15H19N5O3S/c1-19-9-6-13(18-19)12-4-2-3-5-14(12)20(11-24(21,22)23)10-15-16-7-8-17-15/h2-6,9H,7-8,10-11H2,1H3,(H,16,17)(H,21,22,23). The Kier molecular flexibility index (Phi) is 4.54. The first-order valence-electron chi connectivity index (χ1n) is 7.49. The van der Waals surface area contributed by atoms with Gasteiger partial charge in [0.05, 0.1) is 18.8 Å². The van der Waals surface area contributed by atoms with Crippen molar-refractivity contribution in [1.82, 2.24) is 15.1 Å². The molecule has 128 valence electrons. The zero-order valence-corrected chi connectivity index (χ0v) is 14.1. The van der Waals surface area contributed by atoms with Crippen LogP contribution < -0.4 is 10.2 Å². The number of hydrogen-bond donors (Lipinski definition) is 2. The summed E-state index contributed by atoms with van der Waals surface area (Å²) in [5.74, 6) is 0.187. The number of nitrogens with one attached hydrogen (secondary N) is 1. The van der Waals surface area contributed by atoms with Crippen LogP contribution in [0.4, 0.5) is 5.69 Å². The van der Waals surface area contributed by atoms with E-state index < -0.39 is 16.0 Å². The summed E-state index contributed by atoms with van der Waals surface area (Å²) in [4.78, 5) is 5.89. The lowest BCUT2D eigenvalue weighted by molar-refractivity contribution is 0.482. The molecule has 2 aromatic rings. The van der Waals surface area contributed by atoms with Gasteiger partial charge >= 0.3 is 0 Å². The highest BCUT2D eigenvalue weighted by Crippen LogP contribution is 2.29. The Balaban J connectivity index is 2.00. The lowest BCUT2D eigenvalue weighted by Gasteiger charge is -2.25. The number of benzene rings is 1. The van der Waals surface area contributed by atoms with Gasteiger partial charge in [-0.25, -0.2) is 0 Å². The topological polar surface area (TPSA) is 99.8 Å². The molecular formula is C15H19N5O3S. The zero-order valence-electron chi connectivity index (χ0n) is 13.3. The SMILES string of the molecule is Cn1ccc(-c2ccccc2N(CC2=NCCN2)CS(=O)(=O)O)n1. The summed E-state index contributed by atoms with van der Waals surface area (Å²) < 4.78 is 34.0. The quantitative estimate of drug-likeness (QED) is 0.746. The Bertz CT molecular complexity index is 859. The van der Waals surface area contributed by atoms with Crippen LogP contribution in [-0.4, -0.2) is 54.1 Å². The summed E-state index contributed by atoms with van der Waals surface area (Å²) in [6.07, 6.45) is 1.82. The first kappa shape index (κ1) is 16.5. The van der Waals surface area contributed by atoms with Gasteiger partial charge in [-0.2, -0.15) is 13.5 Å². The Labute approximate surface area is 140 Å². The third kappa shape index (κ3) is 3.92. The predicted octanol–water partition coefficient (Wildman–Crippen LogP) is 0.740. The lowest BCUT2D eigenvalue weighted by atomic mass is 10.1. The van der Waals surface area contributed by atoms with Gasteiger partial charge in [-0.3, -0.25) is 14.2 Å². The average Bonchev–Trinajstić information content (AvgIpc) is 3.17. The van der Waals surface area contributed by atoms with Crippen LogP contribution in [-0.2, 0) is 17.2 Å². The molecule has 0 fully saturated rings. The molecule has 8 nitrogen and oxygen atoms in total. The molecule has 9 heteroatoms. The molecule has 0 atom stereocenters. The Morgan fingerprint density at radius 1 is 1.33 bits per heavy atom. The molecule has 1 aliphatic rings. The first-order valence-corrected chi connectivity index (χ1v) is 9.10. The van der Waals surface area contributed by atoms with Crippen molar-refractivity contribution in [2.24, 2.45) is 12.0 Å². The average molecular weight is 349 g/mol. The summed E-state index contributed by atoms with van der Waals surface area (Å²) in [6.45, 7) is 1.66. The summed E-state index contributed by atoms with van der Waals surface area (Å²) in [6, 6.07) is 9.23. The van der Waals surface area contributed by atoms with Crippen LogP contribution in [0.15, 0.2) is 41.5 Å². The maximum Gasteiger partial charge on any atom is 0.283 e. The summed E-state index contributed by atoms with van der Waals surface area (Å²) in [7, 11) is -2.37. The van der Waals surface area contributed by atoms with Crippen LogP contribution in [0.1, 0.15) is 0 Å². The third-order valence-electron chi connectivity index (χ3n) is 3.64. The van der Waals surface area contributed by atoms with Crippen LogP contribution in [0, 0.1) is 0 Å². The van der Waals surface area contributed by atoms with Crippen molar-refractivity contribution in [1.29, 1.82) is 0 Å². The zero-order chi connectivity index (χ0) is 17.2. The Hall–Kier alpha value is -2.39. The molecule has 24 heavy (non-hydrogen) atoms. The molecule has 2 N–H and O–H groups in total. The van der Waals surface area contributed by atoms with E-state index in [-0.39, 0.29) is 6.54 Å². The van der Waals surface area contributed by atoms with Gasteiger partial charge in [0.15, 0.2) is 0 Å². The van der Waals surface area contributed by atoms with E-state index in [4.69, 9.17) is 0 Å². The van der Waals surface area contributed by atoms with Crippen LogP contribution in [0.2, 0.25) is 0 Å². The highest BCUT2D eigenvalue weighted by Gasteiger charge is 2.21. The fraction of sp³-hybridized carbons (Fsp3) is 0.333. The molecule has 1 aliphatic heterocycles. The second-order valence-electron chi connectivity index (χ2n) is 5.56. The van der Waals surface area contributed by atoms with Crippen LogP contribution >= 0.6 is 0 Å². The van der Waals surface area contributed by atoms with E-state index in [9.17, 15) is 13.0 Å². The highest BCUT2D eigenvalue weighted by atomic mass is 32.2. The second kappa shape index (κ2) is 6.62. The van der Waals surface area contributed by atoms with E-state index in [0.29, 0.717) is 18.1 Å².